The van der Waals surface area contributed by atoms with Gasteiger partial charge in [0.25, 0.3) is 0 Å². The van der Waals surface area contributed by atoms with Gasteiger partial charge in [0.15, 0.2) is 0 Å². The largest absolute Gasteiger partial charge is 0.497 e. The second kappa shape index (κ2) is 9.20. The molecular formula is C18H27IO4. The van der Waals surface area contributed by atoms with E-state index in [0.717, 1.165) is 15.7 Å². The summed E-state index contributed by atoms with van der Waals surface area (Å²) in [7, 11) is 3.46. The molecule has 1 aliphatic rings. The molecule has 0 spiro atoms. The zero-order chi connectivity index (χ0) is 16.8. The van der Waals surface area contributed by atoms with Crippen LogP contribution in [0.3, 0.4) is 0 Å². The summed E-state index contributed by atoms with van der Waals surface area (Å²) in [5.41, 5.74) is 1.14. The molecule has 0 aromatic heterocycles. The van der Waals surface area contributed by atoms with Crippen LogP contribution in [-0.2, 0) is 20.8 Å². The summed E-state index contributed by atoms with van der Waals surface area (Å²) in [6.07, 6.45) is 0.526. The van der Waals surface area contributed by atoms with Crippen LogP contribution in [-0.4, -0.2) is 43.6 Å². The monoisotopic (exact) mass is 434 g/mol. The van der Waals surface area contributed by atoms with E-state index in [2.05, 4.69) is 36.4 Å². The van der Waals surface area contributed by atoms with Crippen molar-refractivity contribution in [2.45, 2.75) is 38.8 Å². The van der Waals surface area contributed by atoms with E-state index in [1.54, 1.807) is 14.2 Å². The Bertz CT molecular complexity index is 465. The second-order valence-corrected chi connectivity index (χ2v) is 7.03. The molecule has 1 fully saturated rings. The fourth-order valence-electron chi connectivity index (χ4n) is 3.19. The van der Waals surface area contributed by atoms with Crippen molar-refractivity contribution in [3.05, 3.63) is 29.8 Å². The minimum absolute atomic E-state index is 0.0779. The number of halogens is 1. The maximum absolute atomic E-state index is 6.23. The van der Waals surface area contributed by atoms with Crippen molar-refractivity contribution in [2.24, 2.45) is 11.8 Å². The molecule has 0 unspecified atom stereocenters. The summed E-state index contributed by atoms with van der Waals surface area (Å²) >= 11 is 2.39. The zero-order valence-corrected chi connectivity index (χ0v) is 16.5. The van der Waals surface area contributed by atoms with E-state index in [9.17, 15) is 0 Å². The molecule has 0 N–H and O–H groups in total. The number of hydrogen-bond donors (Lipinski definition) is 0. The molecule has 1 aliphatic heterocycles. The Morgan fingerprint density at radius 2 is 1.70 bits per heavy atom. The molecule has 5 atom stereocenters. The van der Waals surface area contributed by atoms with Crippen molar-refractivity contribution in [3.8, 4) is 5.75 Å². The molecular weight excluding hydrogens is 407 g/mol. The van der Waals surface area contributed by atoms with Gasteiger partial charge in [0, 0.05) is 23.4 Å². The van der Waals surface area contributed by atoms with E-state index in [4.69, 9.17) is 18.9 Å². The first-order valence-corrected chi connectivity index (χ1v) is 9.58. The first kappa shape index (κ1) is 19.0. The van der Waals surface area contributed by atoms with Crippen LogP contribution in [0.15, 0.2) is 24.3 Å². The number of alkyl halides is 1. The summed E-state index contributed by atoms with van der Waals surface area (Å²) in [5, 5.41) is 0. The molecule has 0 aliphatic carbocycles. The van der Waals surface area contributed by atoms with Crippen LogP contribution in [0.5, 0.6) is 5.75 Å². The van der Waals surface area contributed by atoms with Crippen molar-refractivity contribution < 1.29 is 18.9 Å². The standard InChI is InChI=1S/C18H27IO4/c1-12-16(9-19)23-17(13(2)18(12)21-4)11-22-10-14-5-7-15(20-3)8-6-14/h5-8,12-13,16-18H,9-11H2,1-4H3/t12-,13+,16+,17-,18-/m1/s1. The zero-order valence-electron chi connectivity index (χ0n) is 14.3. The molecule has 23 heavy (non-hydrogen) atoms. The van der Waals surface area contributed by atoms with Gasteiger partial charge in [0.05, 0.1) is 38.6 Å². The van der Waals surface area contributed by atoms with Crippen molar-refractivity contribution in [1.82, 2.24) is 0 Å². The second-order valence-electron chi connectivity index (χ2n) is 6.15. The number of hydrogen-bond acceptors (Lipinski definition) is 4. The first-order chi connectivity index (χ1) is 11.1. The molecule has 1 aromatic rings. The van der Waals surface area contributed by atoms with Gasteiger partial charge in [0.1, 0.15) is 5.75 Å². The maximum Gasteiger partial charge on any atom is 0.118 e. The lowest BCUT2D eigenvalue weighted by Gasteiger charge is -2.43. The van der Waals surface area contributed by atoms with Crippen molar-refractivity contribution in [1.29, 1.82) is 0 Å². The summed E-state index contributed by atoms with van der Waals surface area (Å²) in [5.74, 6) is 1.59. The fraction of sp³-hybridized carbons (Fsp3) is 0.667. The van der Waals surface area contributed by atoms with Crippen molar-refractivity contribution in [2.75, 3.05) is 25.3 Å². The van der Waals surface area contributed by atoms with Crippen molar-refractivity contribution >= 4 is 22.6 Å². The van der Waals surface area contributed by atoms with Crippen LogP contribution >= 0.6 is 22.6 Å². The average molecular weight is 434 g/mol. The molecule has 4 nitrogen and oxygen atoms in total. The highest BCUT2D eigenvalue weighted by molar-refractivity contribution is 14.1. The van der Waals surface area contributed by atoms with Gasteiger partial charge in [-0.2, -0.15) is 0 Å². The normalized spacial score (nSPS) is 31.1. The summed E-state index contributed by atoms with van der Waals surface area (Å²) < 4.78 is 24.0. The molecule has 0 saturated carbocycles. The molecule has 0 bridgehead atoms. The van der Waals surface area contributed by atoms with E-state index < -0.39 is 0 Å². The van der Waals surface area contributed by atoms with Crippen LogP contribution in [0.2, 0.25) is 0 Å². The quantitative estimate of drug-likeness (QED) is 0.485. The van der Waals surface area contributed by atoms with Gasteiger partial charge in [0.2, 0.25) is 0 Å². The highest BCUT2D eigenvalue weighted by Crippen LogP contribution is 2.33. The van der Waals surface area contributed by atoms with E-state index in [1.807, 2.05) is 24.3 Å². The SMILES string of the molecule is COc1ccc(COC[C@H]2O[C@@H](CI)[C@@H](C)[C@@H](OC)[C@H]2C)cc1. The molecule has 1 aromatic carbocycles. The van der Waals surface area contributed by atoms with Crippen LogP contribution in [0.1, 0.15) is 19.4 Å². The summed E-state index contributed by atoms with van der Waals surface area (Å²) in [6, 6.07) is 7.95. The smallest absolute Gasteiger partial charge is 0.118 e. The van der Waals surface area contributed by atoms with E-state index in [-0.39, 0.29) is 18.3 Å². The van der Waals surface area contributed by atoms with Crippen LogP contribution in [0.4, 0.5) is 0 Å². The van der Waals surface area contributed by atoms with Gasteiger partial charge < -0.3 is 18.9 Å². The van der Waals surface area contributed by atoms with Gasteiger partial charge in [-0.1, -0.05) is 48.6 Å². The van der Waals surface area contributed by atoms with Crippen LogP contribution < -0.4 is 4.74 Å². The number of benzene rings is 1. The average Bonchev–Trinajstić information content (AvgIpc) is 2.58. The highest BCUT2D eigenvalue weighted by Gasteiger charge is 2.41. The van der Waals surface area contributed by atoms with E-state index >= 15 is 0 Å². The van der Waals surface area contributed by atoms with Gasteiger partial charge in [-0.15, -0.1) is 0 Å². The maximum atomic E-state index is 6.23. The van der Waals surface area contributed by atoms with Crippen LogP contribution in [0.25, 0.3) is 0 Å². The van der Waals surface area contributed by atoms with Crippen molar-refractivity contribution in [3.63, 3.8) is 0 Å². The molecule has 0 amide bonds. The lowest BCUT2D eigenvalue weighted by molar-refractivity contribution is -0.181. The molecule has 5 heteroatoms. The van der Waals surface area contributed by atoms with Gasteiger partial charge in [-0.25, -0.2) is 0 Å². The lowest BCUT2D eigenvalue weighted by atomic mass is 9.83. The first-order valence-electron chi connectivity index (χ1n) is 8.05. The highest BCUT2D eigenvalue weighted by atomic mass is 127. The Hall–Kier alpha value is -0.370. The number of methoxy groups -OCH3 is 2. The van der Waals surface area contributed by atoms with Gasteiger partial charge in [-0.3, -0.25) is 0 Å². The number of ether oxygens (including phenoxy) is 4. The van der Waals surface area contributed by atoms with E-state index in [0.29, 0.717) is 25.0 Å². The molecule has 1 heterocycles. The molecule has 1 saturated heterocycles. The molecule has 130 valence electrons. The Balaban J connectivity index is 1.88. The third kappa shape index (κ3) is 4.81. The summed E-state index contributed by atoms with van der Waals surface area (Å²) in [4.78, 5) is 0. The number of rotatable bonds is 7. The fourth-order valence-corrected chi connectivity index (χ4v) is 4.20. The topological polar surface area (TPSA) is 36.9 Å². The minimum Gasteiger partial charge on any atom is -0.497 e. The lowest BCUT2D eigenvalue weighted by Crippen LogP contribution is -2.51. The van der Waals surface area contributed by atoms with Gasteiger partial charge in [-0.05, 0) is 17.7 Å². The van der Waals surface area contributed by atoms with Crippen LogP contribution in [0, 0.1) is 11.8 Å². The van der Waals surface area contributed by atoms with E-state index in [1.165, 1.54) is 0 Å². The third-order valence-electron chi connectivity index (χ3n) is 4.69. The Morgan fingerprint density at radius 1 is 1.04 bits per heavy atom. The predicted molar refractivity (Wildman–Crippen MR) is 99.3 cm³/mol. The molecule has 2 rings (SSSR count). The summed E-state index contributed by atoms with van der Waals surface area (Å²) in [6.45, 7) is 5.57. The molecule has 0 radical (unpaired) electrons. The third-order valence-corrected chi connectivity index (χ3v) is 5.56. The Morgan fingerprint density at radius 3 is 2.26 bits per heavy atom. The minimum atomic E-state index is 0.0779. The predicted octanol–water partition coefficient (Wildman–Crippen LogP) is 3.70. The Labute approximate surface area is 153 Å². The Kier molecular flexibility index (Phi) is 7.59. The van der Waals surface area contributed by atoms with Gasteiger partial charge >= 0.3 is 0 Å².